The van der Waals surface area contributed by atoms with Gasteiger partial charge in [-0.25, -0.2) is 9.18 Å². The first-order valence-electron chi connectivity index (χ1n) is 4.35. The van der Waals surface area contributed by atoms with Gasteiger partial charge in [0.25, 0.3) is 0 Å². The molecular formula is C11H11FO3. The van der Waals surface area contributed by atoms with Gasteiger partial charge < -0.3 is 9.47 Å². The minimum Gasteiger partial charge on any atom is -0.438 e. The molecule has 1 rings (SSSR count). The fourth-order valence-electron chi connectivity index (χ4n) is 0.970. The zero-order valence-electron chi connectivity index (χ0n) is 8.27. The van der Waals surface area contributed by atoms with Crippen LogP contribution in [0.3, 0.4) is 0 Å². The van der Waals surface area contributed by atoms with Crippen molar-refractivity contribution in [3.8, 4) is 0 Å². The average molecular weight is 210 g/mol. The lowest BCUT2D eigenvalue weighted by Gasteiger charge is -1.98. The summed E-state index contributed by atoms with van der Waals surface area (Å²) in [5.74, 6) is -0.300. The number of carbonyl (C=O) groups excluding carboxylic acids is 1. The largest absolute Gasteiger partial charge is 0.508 e. The van der Waals surface area contributed by atoms with Gasteiger partial charge in [-0.15, -0.1) is 0 Å². The third-order valence-electron chi connectivity index (χ3n) is 1.62. The van der Waals surface area contributed by atoms with E-state index in [1.165, 1.54) is 19.2 Å². The maximum absolute atomic E-state index is 12.7. The molecule has 3 nitrogen and oxygen atoms in total. The van der Waals surface area contributed by atoms with E-state index in [0.29, 0.717) is 5.56 Å². The van der Waals surface area contributed by atoms with Crippen LogP contribution in [0.2, 0.25) is 0 Å². The second-order valence-corrected chi connectivity index (χ2v) is 2.72. The molecule has 4 heteroatoms. The van der Waals surface area contributed by atoms with Crippen molar-refractivity contribution in [2.45, 2.75) is 0 Å². The summed E-state index contributed by atoms with van der Waals surface area (Å²) < 4.78 is 21.6. The second kappa shape index (κ2) is 5.80. The third kappa shape index (κ3) is 4.26. The van der Waals surface area contributed by atoms with Crippen molar-refractivity contribution in [1.82, 2.24) is 0 Å². The summed E-state index contributed by atoms with van der Waals surface area (Å²) in [6, 6.07) is 6.10. The van der Waals surface area contributed by atoms with E-state index in [9.17, 15) is 9.18 Å². The van der Waals surface area contributed by atoms with Gasteiger partial charge in [0.05, 0.1) is 7.11 Å². The standard InChI is InChI=1S/C11H11FO3/c1-14-11(13)15-7-3-5-9-4-2-6-10(12)8-9/h2-6,8H,7H2,1H3. The zero-order chi connectivity index (χ0) is 11.1. The lowest BCUT2D eigenvalue weighted by atomic mass is 10.2. The summed E-state index contributed by atoms with van der Waals surface area (Å²) in [5.41, 5.74) is 0.712. The van der Waals surface area contributed by atoms with Crippen LogP contribution in [0, 0.1) is 5.82 Å². The normalized spacial score (nSPS) is 10.3. The van der Waals surface area contributed by atoms with E-state index >= 15 is 0 Å². The number of methoxy groups -OCH3 is 1. The molecule has 0 amide bonds. The highest BCUT2D eigenvalue weighted by Gasteiger charge is 1.96. The first-order chi connectivity index (χ1) is 7.22. The molecular weight excluding hydrogens is 199 g/mol. The molecule has 0 radical (unpaired) electrons. The molecule has 0 heterocycles. The Bertz CT molecular complexity index is 361. The van der Waals surface area contributed by atoms with E-state index in [2.05, 4.69) is 9.47 Å². The molecule has 0 bridgehead atoms. The van der Waals surface area contributed by atoms with Crippen LogP contribution in [0.1, 0.15) is 5.56 Å². The van der Waals surface area contributed by atoms with E-state index in [4.69, 9.17) is 0 Å². The summed E-state index contributed by atoms with van der Waals surface area (Å²) in [6.07, 6.45) is 2.52. The van der Waals surface area contributed by atoms with Crippen LogP contribution in [0.5, 0.6) is 0 Å². The molecule has 0 spiro atoms. The van der Waals surface area contributed by atoms with Crippen molar-refractivity contribution in [2.24, 2.45) is 0 Å². The minimum atomic E-state index is -0.737. The second-order valence-electron chi connectivity index (χ2n) is 2.72. The third-order valence-corrected chi connectivity index (χ3v) is 1.62. The topological polar surface area (TPSA) is 35.5 Å². The number of hydrogen-bond acceptors (Lipinski definition) is 3. The van der Waals surface area contributed by atoms with Crippen molar-refractivity contribution < 1.29 is 18.7 Å². The number of hydrogen-bond donors (Lipinski definition) is 0. The predicted molar refractivity (Wildman–Crippen MR) is 53.8 cm³/mol. The SMILES string of the molecule is COC(=O)OCC=Cc1cccc(F)c1. The Kier molecular flexibility index (Phi) is 4.34. The Morgan fingerprint density at radius 3 is 3.00 bits per heavy atom. The van der Waals surface area contributed by atoms with Gasteiger partial charge in [-0.05, 0) is 23.8 Å². The summed E-state index contributed by atoms with van der Waals surface area (Å²) in [4.78, 5) is 10.5. The highest BCUT2D eigenvalue weighted by molar-refractivity contribution is 5.60. The highest BCUT2D eigenvalue weighted by Crippen LogP contribution is 2.05. The minimum absolute atomic E-state index is 0.100. The molecule has 0 aliphatic carbocycles. The fraction of sp³-hybridized carbons (Fsp3) is 0.182. The van der Waals surface area contributed by atoms with Crippen molar-refractivity contribution in [1.29, 1.82) is 0 Å². The molecule has 0 fully saturated rings. The van der Waals surface area contributed by atoms with Gasteiger partial charge in [0.1, 0.15) is 12.4 Å². The Labute approximate surface area is 87.1 Å². The van der Waals surface area contributed by atoms with Crippen LogP contribution in [0.4, 0.5) is 9.18 Å². The lowest BCUT2D eigenvalue weighted by Crippen LogP contribution is -2.03. The molecule has 0 atom stereocenters. The molecule has 1 aromatic carbocycles. The van der Waals surface area contributed by atoms with Gasteiger partial charge in [0.15, 0.2) is 0 Å². The molecule has 1 aromatic rings. The molecule has 15 heavy (non-hydrogen) atoms. The number of benzene rings is 1. The Morgan fingerprint density at radius 1 is 1.53 bits per heavy atom. The maximum Gasteiger partial charge on any atom is 0.508 e. The summed E-state index contributed by atoms with van der Waals surface area (Å²) in [6.45, 7) is 0.100. The molecule has 0 aliphatic rings. The van der Waals surface area contributed by atoms with Gasteiger partial charge >= 0.3 is 6.16 Å². The smallest absolute Gasteiger partial charge is 0.438 e. The Balaban J connectivity index is 2.41. The summed E-state index contributed by atoms with van der Waals surface area (Å²) in [5, 5.41) is 0. The molecule has 0 unspecified atom stereocenters. The van der Waals surface area contributed by atoms with Crippen molar-refractivity contribution in [3.63, 3.8) is 0 Å². The van der Waals surface area contributed by atoms with Crippen LogP contribution in [0.25, 0.3) is 6.08 Å². The molecule has 0 aliphatic heterocycles. The van der Waals surface area contributed by atoms with E-state index in [-0.39, 0.29) is 12.4 Å². The van der Waals surface area contributed by atoms with Crippen LogP contribution in [-0.2, 0) is 9.47 Å². The summed E-state index contributed by atoms with van der Waals surface area (Å²) >= 11 is 0. The lowest BCUT2D eigenvalue weighted by molar-refractivity contribution is 0.0819. The number of ether oxygens (including phenoxy) is 2. The molecule has 0 saturated heterocycles. The zero-order valence-corrected chi connectivity index (χ0v) is 8.27. The molecule has 0 saturated carbocycles. The van der Waals surface area contributed by atoms with Crippen molar-refractivity contribution in [3.05, 3.63) is 41.7 Å². The van der Waals surface area contributed by atoms with Gasteiger partial charge in [-0.3, -0.25) is 0 Å². The number of halogens is 1. The maximum atomic E-state index is 12.7. The average Bonchev–Trinajstić information content (AvgIpc) is 2.24. The monoisotopic (exact) mass is 210 g/mol. The molecule has 0 aromatic heterocycles. The molecule has 80 valence electrons. The van der Waals surface area contributed by atoms with Gasteiger partial charge in [-0.2, -0.15) is 0 Å². The van der Waals surface area contributed by atoms with Crippen LogP contribution >= 0.6 is 0 Å². The van der Waals surface area contributed by atoms with E-state index < -0.39 is 6.16 Å². The quantitative estimate of drug-likeness (QED) is 0.719. The van der Waals surface area contributed by atoms with Crippen molar-refractivity contribution >= 4 is 12.2 Å². The first kappa shape index (κ1) is 11.2. The van der Waals surface area contributed by atoms with Gasteiger partial charge in [-0.1, -0.05) is 18.2 Å². The highest BCUT2D eigenvalue weighted by atomic mass is 19.1. The first-order valence-corrected chi connectivity index (χ1v) is 4.35. The van der Waals surface area contributed by atoms with Crippen molar-refractivity contribution in [2.75, 3.05) is 13.7 Å². The fourth-order valence-corrected chi connectivity index (χ4v) is 0.970. The van der Waals surface area contributed by atoms with Crippen LogP contribution in [-0.4, -0.2) is 19.9 Å². The van der Waals surface area contributed by atoms with Gasteiger partial charge in [0.2, 0.25) is 0 Å². The predicted octanol–water partition coefficient (Wildman–Crippen LogP) is 2.62. The van der Waals surface area contributed by atoms with Crippen LogP contribution < -0.4 is 0 Å². The Hall–Kier alpha value is -1.84. The van der Waals surface area contributed by atoms with Gasteiger partial charge in [0, 0.05) is 0 Å². The summed E-state index contributed by atoms with van der Waals surface area (Å²) in [7, 11) is 1.23. The van der Waals surface area contributed by atoms with E-state index in [0.717, 1.165) is 0 Å². The van der Waals surface area contributed by atoms with E-state index in [1.807, 2.05) is 0 Å². The van der Waals surface area contributed by atoms with Crippen LogP contribution in [0.15, 0.2) is 30.3 Å². The number of rotatable bonds is 3. The Morgan fingerprint density at radius 2 is 2.33 bits per heavy atom. The molecule has 0 N–H and O–H groups in total. The van der Waals surface area contributed by atoms with E-state index in [1.54, 1.807) is 24.3 Å². The number of carbonyl (C=O) groups is 1.